The van der Waals surface area contributed by atoms with E-state index in [2.05, 4.69) is 11.0 Å². The highest BCUT2D eigenvalue weighted by Crippen LogP contribution is 2.47. The predicted octanol–water partition coefficient (Wildman–Crippen LogP) is 5.64. The third-order valence-electron chi connectivity index (χ3n) is 7.36. The number of ether oxygens (including phenoxy) is 1. The molecule has 2 N–H and O–H groups in total. The van der Waals surface area contributed by atoms with Crippen LogP contribution in [0.5, 0.6) is 5.75 Å². The van der Waals surface area contributed by atoms with Gasteiger partial charge in [0.15, 0.2) is 0 Å². The van der Waals surface area contributed by atoms with Crippen LogP contribution < -0.4 is 4.74 Å². The Bertz CT molecular complexity index is 1190. The number of fused-ring (bicyclic) bond motifs is 1. The number of aliphatic hydroxyl groups is 1. The van der Waals surface area contributed by atoms with Crippen LogP contribution in [-0.4, -0.2) is 48.8 Å². The highest BCUT2D eigenvalue weighted by molar-refractivity contribution is 5.91. The van der Waals surface area contributed by atoms with Crippen LogP contribution in [0.3, 0.4) is 0 Å². The summed E-state index contributed by atoms with van der Waals surface area (Å²) in [5, 5.41) is 24.2. The molecule has 3 atom stereocenters. The van der Waals surface area contributed by atoms with Crippen molar-refractivity contribution in [1.82, 2.24) is 4.90 Å². The Labute approximate surface area is 202 Å². The number of rotatable bonds is 7. The minimum Gasteiger partial charge on any atom is -0.497 e. The molecule has 1 aliphatic rings. The first kappa shape index (κ1) is 24.2. The van der Waals surface area contributed by atoms with Crippen molar-refractivity contribution < 1.29 is 19.7 Å². The van der Waals surface area contributed by atoms with Crippen molar-refractivity contribution in [3.05, 3.63) is 65.7 Å². The summed E-state index contributed by atoms with van der Waals surface area (Å²) in [5.41, 5.74) is 2.35. The second-order valence-corrected chi connectivity index (χ2v) is 9.89. The molecule has 0 bridgehead atoms. The van der Waals surface area contributed by atoms with E-state index in [4.69, 9.17) is 4.74 Å². The fourth-order valence-electron chi connectivity index (χ4n) is 5.52. The molecule has 3 aromatic carbocycles. The second kappa shape index (κ2) is 9.77. The first-order chi connectivity index (χ1) is 16.2. The largest absolute Gasteiger partial charge is 0.497 e. The first-order valence-electron chi connectivity index (χ1n) is 12.1. The molecule has 0 aromatic heterocycles. The van der Waals surface area contributed by atoms with Gasteiger partial charge in [0.2, 0.25) is 0 Å². The van der Waals surface area contributed by atoms with Gasteiger partial charge in [0.05, 0.1) is 18.6 Å². The van der Waals surface area contributed by atoms with Gasteiger partial charge in [-0.15, -0.1) is 0 Å². The zero-order valence-electron chi connectivity index (χ0n) is 20.5. The van der Waals surface area contributed by atoms with Crippen LogP contribution in [0.25, 0.3) is 21.9 Å². The van der Waals surface area contributed by atoms with Gasteiger partial charge in [-0.1, -0.05) is 49.2 Å². The Morgan fingerprint density at radius 3 is 2.56 bits per heavy atom. The number of nitrogens with zero attached hydrogens (tertiary/aromatic N) is 1. The molecular weight excluding hydrogens is 426 g/mol. The maximum absolute atomic E-state index is 12.2. The van der Waals surface area contributed by atoms with Gasteiger partial charge in [-0.05, 0) is 85.1 Å². The molecule has 0 aliphatic heterocycles. The molecule has 0 amide bonds. The Balaban J connectivity index is 1.95. The molecule has 5 heteroatoms. The molecule has 0 heterocycles. The van der Waals surface area contributed by atoms with Crippen LogP contribution in [0.4, 0.5) is 0 Å². The molecule has 4 rings (SSSR count). The molecule has 180 valence electrons. The van der Waals surface area contributed by atoms with E-state index in [1.54, 1.807) is 14.0 Å². The van der Waals surface area contributed by atoms with Crippen molar-refractivity contribution >= 4 is 16.7 Å². The molecule has 1 saturated carbocycles. The fraction of sp³-hybridized carbons (Fsp3) is 0.414. The van der Waals surface area contributed by atoms with Crippen LogP contribution in [0.1, 0.15) is 49.7 Å². The van der Waals surface area contributed by atoms with Gasteiger partial charge in [-0.3, -0.25) is 4.79 Å². The highest BCUT2D eigenvalue weighted by Gasteiger charge is 2.42. The lowest BCUT2D eigenvalue weighted by Crippen LogP contribution is -2.43. The minimum atomic E-state index is -1.01. The zero-order valence-corrected chi connectivity index (χ0v) is 20.5. The number of hydrogen-bond acceptors (Lipinski definition) is 4. The Morgan fingerprint density at radius 1 is 1.12 bits per heavy atom. The van der Waals surface area contributed by atoms with Crippen LogP contribution in [0, 0.1) is 5.92 Å². The maximum Gasteiger partial charge on any atom is 0.310 e. The van der Waals surface area contributed by atoms with E-state index in [9.17, 15) is 15.0 Å². The van der Waals surface area contributed by atoms with Crippen molar-refractivity contribution in [3.63, 3.8) is 0 Å². The van der Waals surface area contributed by atoms with Crippen molar-refractivity contribution in [2.45, 2.75) is 44.1 Å². The van der Waals surface area contributed by atoms with Crippen LogP contribution in [0.2, 0.25) is 0 Å². The smallest absolute Gasteiger partial charge is 0.310 e. The number of aliphatic carboxylic acids is 1. The first-order valence-corrected chi connectivity index (χ1v) is 12.1. The number of carbonyl (C=O) groups is 1. The summed E-state index contributed by atoms with van der Waals surface area (Å²) in [6, 6.07) is 17.9. The topological polar surface area (TPSA) is 70.0 Å². The van der Waals surface area contributed by atoms with Crippen LogP contribution in [0.15, 0.2) is 54.6 Å². The maximum atomic E-state index is 12.2. The van der Waals surface area contributed by atoms with E-state index < -0.39 is 17.5 Å². The molecular formula is C29H35NO4. The van der Waals surface area contributed by atoms with Gasteiger partial charge >= 0.3 is 5.97 Å². The monoisotopic (exact) mass is 461 g/mol. The van der Waals surface area contributed by atoms with E-state index >= 15 is 0 Å². The standard InChI is InChI=1S/C29H35NO4/c1-19(28(31)32)25-9-7-10-26(29(33)15-6-5-8-23(29)18-30(2)3)27(25)22-12-11-21-17-24(34-4)14-13-20(21)16-22/h7,9-14,16-17,19,23,33H,5-6,8,15,18H2,1-4H3,(H,31,32). The molecule has 1 aliphatic carbocycles. The third kappa shape index (κ3) is 4.55. The number of hydrogen-bond donors (Lipinski definition) is 2. The van der Waals surface area contributed by atoms with E-state index in [0.717, 1.165) is 64.6 Å². The van der Waals surface area contributed by atoms with Crippen LogP contribution in [-0.2, 0) is 10.4 Å². The lowest BCUT2D eigenvalue weighted by Gasteiger charge is -2.43. The summed E-state index contributed by atoms with van der Waals surface area (Å²) in [7, 11) is 5.73. The second-order valence-electron chi connectivity index (χ2n) is 9.89. The number of methoxy groups -OCH3 is 1. The third-order valence-corrected chi connectivity index (χ3v) is 7.36. The van der Waals surface area contributed by atoms with Gasteiger partial charge in [0.1, 0.15) is 5.75 Å². The average molecular weight is 462 g/mol. The quantitative estimate of drug-likeness (QED) is 0.476. The van der Waals surface area contributed by atoms with E-state index in [1.165, 1.54) is 0 Å². The van der Waals surface area contributed by atoms with E-state index in [1.807, 2.05) is 62.6 Å². The average Bonchev–Trinajstić information content (AvgIpc) is 2.83. The Hall–Kier alpha value is -2.89. The molecule has 1 fully saturated rings. The van der Waals surface area contributed by atoms with Gasteiger partial charge in [0.25, 0.3) is 0 Å². The van der Waals surface area contributed by atoms with E-state index in [-0.39, 0.29) is 5.92 Å². The predicted molar refractivity (Wildman–Crippen MR) is 136 cm³/mol. The summed E-state index contributed by atoms with van der Waals surface area (Å²) < 4.78 is 5.37. The molecule has 0 spiro atoms. The normalized spacial score (nSPS) is 21.5. The number of carboxylic acids is 1. The van der Waals surface area contributed by atoms with Crippen molar-refractivity contribution in [3.8, 4) is 16.9 Å². The summed E-state index contributed by atoms with van der Waals surface area (Å²) in [6.45, 7) is 2.51. The van der Waals surface area contributed by atoms with E-state index in [0.29, 0.717) is 6.42 Å². The highest BCUT2D eigenvalue weighted by atomic mass is 16.5. The lowest BCUT2D eigenvalue weighted by molar-refractivity contribution is -0.138. The van der Waals surface area contributed by atoms with Gasteiger partial charge in [0, 0.05) is 12.5 Å². The summed E-state index contributed by atoms with van der Waals surface area (Å²) in [5.74, 6) is -0.690. The molecule has 0 saturated heterocycles. The lowest BCUT2D eigenvalue weighted by atomic mass is 9.68. The Kier molecular flexibility index (Phi) is 6.96. The van der Waals surface area contributed by atoms with Crippen molar-refractivity contribution in [2.75, 3.05) is 27.7 Å². The molecule has 5 nitrogen and oxygen atoms in total. The summed E-state index contributed by atoms with van der Waals surface area (Å²) >= 11 is 0. The van der Waals surface area contributed by atoms with Gasteiger partial charge in [-0.25, -0.2) is 0 Å². The van der Waals surface area contributed by atoms with Crippen LogP contribution >= 0.6 is 0 Å². The van der Waals surface area contributed by atoms with Crippen molar-refractivity contribution in [2.24, 2.45) is 5.92 Å². The van der Waals surface area contributed by atoms with Gasteiger partial charge < -0.3 is 19.8 Å². The zero-order chi connectivity index (χ0) is 24.5. The molecule has 34 heavy (non-hydrogen) atoms. The minimum absolute atomic E-state index is 0.0788. The Morgan fingerprint density at radius 2 is 1.85 bits per heavy atom. The number of benzene rings is 3. The SMILES string of the molecule is COc1ccc2cc(-c3c(C(C)C(=O)O)cccc3C3(O)CCCCC3CN(C)C)ccc2c1. The molecule has 0 radical (unpaired) electrons. The summed E-state index contributed by atoms with van der Waals surface area (Å²) in [4.78, 5) is 14.2. The summed E-state index contributed by atoms with van der Waals surface area (Å²) in [6.07, 6.45) is 3.67. The molecule has 3 unspecified atom stereocenters. The van der Waals surface area contributed by atoms with Gasteiger partial charge in [-0.2, -0.15) is 0 Å². The number of carboxylic acid groups (broad SMARTS) is 1. The van der Waals surface area contributed by atoms with Crippen molar-refractivity contribution in [1.29, 1.82) is 0 Å². The molecule has 3 aromatic rings. The fourth-order valence-corrected chi connectivity index (χ4v) is 5.52.